The molecular formula is C17H19NO4. The number of rotatable bonds is 6. The van der Waals surface area contributed by atoms with Crippen LogP contribution in [0, 0.1) is 6.92 Å². The van der Waals surface area contributed by atoms with Crippen LogP contribution in [0.4, 0.5) is 10.5 Å². The van der Waals surface area contributed by atoms with Crippen molar-refractivity contribution in [1.29, 1.82) is 0 Å². The highest BCUT2D eigenvalue weighted by Gasteiger charge is 2.05. The maximum absolute atomic E-state index is 11.6. The van der Waals surface area contributed by atoms with E-state index >= 15 is 0 Å². The fourth-order valence-corrected chi connectivity index (χ4v) is 1.90. The van der Waals surface area contributed by atoms with E-state index in [4.69, 9.17) is 14.2 Å². The average Bonchev–Trinajstić information content (AvgIpc) is 2.52. The summed E-state index contributed by atoms with van der Waals surface area (Å²) in [6, 6.07) is 14.8. The van der Waals surface area contributed by atoms with E-state index < -0.39 is 6.09 Å². The molecular weight excluding hydrogens is 282 g/mol. The molecule has 116 valence electrons. The SMILES string of the molecule is COc1ccccc1OCCOC(=O)Nc1cccc(C)c1. The maximum atomic E-state index is 11.6. The van der Waals surface area contributed by atoms with Gasteiger partial charge < -0.3 is 14.2 Å². The number of ether oxygens (including phenoxy) is 3. The Morgan fingerprint density at radius 1 is 1.05 bits per heavy atom. The fraction of sp³-hybridized carbons (Fsp3) is 0.235. The standard InChI is InChI=1S/C17H19NO4/c1-13-6-5-7-14(12-13)18-17(19)22-11-10-21-16-9-4-3-8-15(16)20-2/h3-9,12H,10-11H2,1-2H3,(H,18,19). The summed E-state index contributed by atoms with van der Waals surface area (Å²) in [5, 5.41) is 2.66. The first-order valence-corrected chi connectivity index (χ1v) is 6.95. The van der Waals surface area contributed by atoms with Crippen molar-refractivity contribution in [3.05, 3.63) is 54.1 Å². The second-order valence-electron chi connectivity index (χ2n) is 4.63. The van der Waals surface area contributed by atoms with Gasteiger partial charge >= 0.3 is 6.09 Å². The molecule has 0 saturated carbocycles. The molecule has 2 aromatic rings. The monoisotopic (exact) mass is 301 g/mol. The zero-order valence-electron chi connectivity index (χ0n) is 12.7. The van der Waals surface area contributed by atoms with Crippen molar-refractivity contribution in [3.8, 4) is 11.5 Å². The van der Waals surface area contributed by atoms with Crippen molar-refractivity contribution in [2.45, 2.75) is 6.92 Å². The first-order valence-electron chi connectivity index (χ1n) is 6.95. The molecule has 0 saturated heterocycles. The number of anilines is 1. The third kappa shape index (κ3) is 4.70. The number of amides is 1. The van der Waals surface area contributed by atoms with Crippen LogP contribution in [-0.2, 0) is 4.74 Å². The Bertz CT molecular complexity index is 628. The molecule has 5 heteroatoms. The first-order chi connectivity index (χ1) is 10.7. The summed E-state index contributed by atoms with van der Waals surface area (Å²) in [5.41, 5.74) is 1.77. The quantitative estimate of drug-likeness (QED) is 0.828. The normalized spacial score (nSPS) is 9.91. The third-order valence-electron chi connectivity index (χ3n) is 2.91. The molecule has 0 spiro atoms. The number of carbonyl (C=O) groups excluding carboxylic acids is 1. The van der Waals surface area contributed by atoms with Crippen molar-refractivity contribution in [2.75, 3.05) is 25.6 Å². The van der Waals surface area contributed by atoms with Crippen LogP contribution in [0.15, 0.2) is 48.5 Å². The second kappa shape index (κ2) is 7.93. The van der Waals surface area contributed by atoms with Gasteiger partial charge in [0.2, 0.25) is 0 Å². The third-order valence-corrected chi connectivity index (χ3v) is 2.91. The van der Waals surface area contributed by atoms with E-state index in [0.717, 1.165) is 5.56 Å². The fourth-order valence-electron chi connectivity index (χ4n) is 1.90. The maximum Gasteiger partial charge on any atom is 0.411 e. The minimum atomic E-state index is -0.505. The van der Waals surface area contributed by atoms with E-state index in [1.165, 1.54) is 0 Å². The number of hydrogen-bond donors (Lipinski definition) is 1. The van der Waals surface area contributed by atoms with E-state index in [0.29, 0.717) is 17.2 Å². The van der Waals surface area contributed by atoms with Crippen LogP contribution in [0.1, 0.15) is 5.56 Å². The van der Waals surface area contributed by atoms with Gasteiger partial charge in [-0.15, -0.1) is 0 Å². The molecule has 0 aliphatic heterocycles. The van der Waals surface area contributed by atoms with Crippen LogP contribution < -0.4 is 14.8 Å². The highest BCUT2D eigenvalue weighted by atomic mass is 16.6. The van der Waals surface area contributed by atoms with Crippen LogP contribution in [0.3, 0.4) is 0 Å². The molecule has 0 aromatic heterocycles. The van der Waals surface area contributed by atoms with E-state index in [9.17, 15) is 4.79 Å². The Labute approximate surface area is 129 Å². The predicted octanol–water partition coefficient (Wildman–Crippen LogP) is 3.63. The summed E-state index contributed by atoms with van der Waals surface area (Å²) < 4.78 is 15.8. The molecule has 0 aliphatic carbocycles. The van der Waals surface area contributed by atoms with Crippen LogP contribution in [0.2, 0.25) is 0 Å². The molecule has 0 heterocycles. The zero-order chi connectivity index (χ0) is 15.8. The second-order valence-corrected chi connectivity index (χ2v) is 4.63. The summed E-state index contributed by atoms with van der Waals surface area (Å²) in [6.45, 7) is 2.36. The molecule has 0 radical (unpaired) electrons. The summed E-state index contributed by atoms with van der Waals surface area (Å²) in [5.74, 6) is 1.26. The summed E-state index contributed by atoms with van der Waals surface area (Å²) in [6.07, 6.45) is -0.505. The number of para-hydroxylation sites is 2. The molecule has 0 aliphatic rings. The lowest BCUT2D eigenvalue weighted by Crippen LogP contribution is -2.17. The summed E-state index contributed by atoms with van der Waals surface area (Å²) in [4.78, 5) is 11.6. The van der Waals surface area contributed by atoms with Gasteiger partial charge in [0.25, 0.3) is 0 Å². The Hall–Kier alpha value is -2.69. The van der Waals surface area contributed by atoms with Crippen molar-refractivity contribution < 1.29 is 19.0 Å². The molecule has 1 amide bonds. The van der Waals surface area contributed by atoms with E-state index in [1.807, 2.05) is 37.3 Å². The van der Waals surface area contributed by atoms with E-state index in [-0.39, 0.29) is 13.2 Å². The number of methoxy groups -OCH3 is 1. The number of carbonyl (C=O) groups is 1. The van der Waals surface area contributed by atoms with Crippen molar-refractivity contribution in [1.82, 2.24) is 0 Å². The van der Waals surface area contributed by atoms with Gasteiger partial charge in [-0.1, -0.05) is 24.3 Å². The van der Waals surface area contributed by atoms with Crippen LogP contribution >= 0.6 is 0 Å². The number of aryl methyl sites for hydroxylation is 1. The van der Waals surface area contributed by atoms with Gasteiger partial charge in [0.1, 0.15) is 13.2 Å². The zero-order valence-corrected chi connectivity index (χ0v) is 12.7. The molecule has 0 unspecified atom stereocenters. The topological polar surface area (TPSA) is 56.8 Å². The minimum Gasteiger partial charge on any atom is -0.493 e. The molecule has 0 fully saturated rings. The van der Waals surface area contributed by atoms with Gasteiger partial charge in [0, 0.05) is 5.69 Å². The minimum absolute atomic E-state index is 0.149. The van der Waals surface area contributed by atoms with Crippen LogP contribution in [-0.4, -0.2) is 26.4 Å². The first kappa shape index (κ1) is 15.7. The Kier molecular flexibility index (Phi) is 5.65. The van der Waals surface area contributed by atoms with Crippen LogP contribution in [0.5, 0.6) is 11.5 Å². The van der Waals surface area contributed by atoms with Gasteiger partial charge in [-0.2, -0.15) is 0 Å². The van der Waals surface area contributed by atoms with Gasteiger partial charge in [0.05, 0.1) is 7.11 Å². The van der Waals surface area contributed by atoms with Gasteiger partial charge in [-0.3, -0.25) is 5.32 Å². The van der Waals surface area contributed by atoms with E-state index in [2.05, 4.69) is 5.32 Å². The lowest BCUT2D eigenvalue weighted by molar-refractivity contribution is 0.136. The number of nitrogens with one attached hydrogen (secondary N) is 1. The van der Waals surface area contributed by atoms with Gasteiger partial charge in [-0.05, 0) is 36.8 Å². The molecule has 2 aromatic carbocycles. The molecule has 5 nitrogen and oxygen atoms in total. The lowest BCUT2D eigenvalue weighted by Gasteiger charge is -2.11. The molecule has 2 rings (SSSR count). The summed E-state index contributed by atoms with van der Waals surface area (Å²) >= 11 is 0. The highest BCUT2D eigenvalue weighted by molar-refractivity contribution is 5.84. The molecule has 0 bridgehead atoms. The molecule has 1 N–H and O–H groups in total. The molecule has 0 atom stereocenters. The smallest absolute Gasteiger partial charge is 0.411 e. The van der Waals surface area contributed by atoms with Crippen molar-refractivity contribution in [2.24, 2.45) is 0 Å². The predicted molar refractivity (Wildman–Crippen MR) is 84.6 cm³/mol. The van der Waals surface area contributed by atoms with Crippen molar-refractivity contribution >= 4 is 11.8 Å². The lowest BCUT2D eigenvalue weighted by atomic mass is 10.2. The number of benzene rings is 2. The molecule has 22 heavy (non-hydrogen) atoms. The summed E-state index contributed by atoms with van der Waals surface area (Å²) in [7, 11) is 1.58. The van der Waals surface area contributed by atoms with Crippen molar-refractivity contribution in [3.63, 3.8) is 0 Å². The number of hydrogen-bond acceptors (Lipinski definition) is 4. The highest BCUT2D eigenvalue weighted by Crippen LogP contribution is 2.25. The Morgan fingerprint density at radius 2 is 1.82 bits per heavy atom. The van der Waals surface area contributed by atoms with Gasteiger partial charge in [0.15, 0.2) is 11.5 Å². The average molecular weight is 301 g/mol. The van der Waals surface area contributed by atoms with E-state index in [1.54, 1.807) is 25.3 Å². The Morgan fingerprint density at radius 3 is 2.55 bits per heavy atom. The van der Waals surface area contributed by atoms with Gasteiger partial charge in [-0.25, -0.2) is 4.79 Å². The van der Waals surface area contributed by atoms with Crippen LogP contribution in [0.25, 0.3) is 0 Å². The Balaban J connectivity index is 1.73. The largest absolute Gasteiger partial charge is 0.493 e.